The number of rotatable bonds is 4. The Bertz CT molecular complexity index is 641. The molecule has 2 aromatic rings. The van der Waals surface area contributed by atoms with Crippen molar-refractivity contribution in [3.8, 4) is 0 Å². The molecule has 0 amide bonds. The minimum Gasteiger partial charge on any atom is -0.378 e. The average Bonchev–Trinajstić information content (AvgIpc) is 2.43. The van der Waals surface area contributed by atoms with Crippen LogP contribution in [0.25, 0.3) is 0 Å². The van der Waals surface area contributed by atoms with E-state index in [4.69, 9.17) is 11.6 Å². The van der Waals surface area contributed by atoms with E-state index in [1.54, 1.807) is 12.1 Å². The zero-order chi connectivity index (χ0) is 15.6. The number of anilines is 2. The molecule has 0 bridgehead atoms. The summed E-state index contributed by atoms with van der Waals surface area (Å²) in [5.74, 6) is -0.390. The monoisotopic (exact) mass is 306 g/mol. The van der Waals surface area contributed by atoms with Crippen LogP contribution in [0.1, 0.15) is 24.1 Å². The Labute approximate surface area is 130 Å². The van der Waals surface area contributed by atoms with Crippen molar-refractivity contribution in [1.82, 2.24) is 0 Å². The van der Waals surface area contributed by atoms with Crippen LogP contribution < -0.4 is 10.2 Å². The lowest BCUT2D eigenvalue weighted by Gasteiger charge is -2.20. The van der Waals surface area contributed by atoms with Crippen LogP contribution in [0.15, 0.2) is 36.4 Å². The van der Waals surface area contributed by atoms with Crippen LogP contribution in [0.5, 0.6) is 0 Å². The van der Waals surface area contributed by atoms with Gasteiger partial charge in [0.2, 0.25) is 0 Å². The molecule has 0 spiro atoms. The molecule has 112 valence electrons. The molecule has 2 aromatic carbocycles. The van der Waals surface area contributed by atoms with E-state index in [-0.39, 0.29) is 16.9 Å². The number of hydrogen-bond donors (Lipinski definition) is 1. The summed E-state index contributed by atoms with van der Waals surface area (Å²) in [4.78, 5) is 2.07. The van der Waals surface area contributed by atoms with Crippen LogP contribution in [0.2, 0.25) is 5.02 Å². The van der Waals surface area contributed by atoms with E-state index in [2.05, 4.69) is 35.3 Å². The van der Waals surface area contributed by atoms with Gasteiger partial charge in [-0.2, -0.15) is 0 Å². The van der Waals surface area contributed by atoms with Gasteiger partial charge >= 0.3 is 0 Å². The predicted octanol–water partition coefficient (Wildman–Crippen LogP) is 5.03. The van der Waals surface area contributed by atoms with Gasteiger partial charge < -0.3 is 10.2 Å². The molecule has 0 aromatic heterocycles. The van der Waals surface area contributed by atoms with Crippen LogP contribution >= 0.6 is 11.6 Å². The second-order valence-corrected chi connectivity index (χ2v) is 5.84. The van der Waals surface area contributed by atoms with Gasteiger partial charge in [-0.15, -0.1) is 0 Å². The molecule has 1 atom stereocenters. The smallest absolute Gasteiger partial charge is 0.141 e. The largest absolute Gasteiger partial charge is 0.378 e. The summed E-state index contributed by atoms with van der Waals surface area (Å²) in [6, 6.07) is 11.1. The molecule has 4 heteroatoms. The van der Waals surface area contributed by atoms with Crippen LogP contribution in [0, 0.1) is 12.7 Å². The van der Waals surface area contributed by atoms with E-state index in [1.807, 2.05) is 21.0 Å². The summed E-state index contributed by atoms with van der Waals surface area (Å²) >= 11 is 5.84. The topological polar surface area (TPSA) is 15.3 Å². The summed E-state index contributed by atoms with van der Waals surface area (Å²) in [6.07, 6.45) is 0. The highest BCUT2D eigenvalue weighted by Gasteiger charge is 2.10. The Hall–Kier alpha value is -1.74. The second-order valence-electron chi connectivity index (χ2n) is 5.43. The molecule has 0 aliphatic rings. The fourth-order valence-electron chi connectivity index (χ4n) is 2.19. The predicted molar refractivity (Wildman–Crippen MR) is 89.0 cm³/mol. The van der Waals surface area contributed by atoms with E-state index in [1.165, 1.54) is 11.6 Å². The fourth-order valence-corrected chi connectivity index (χ4v) is 2.38. The van der Waals surface area contributed by atoms with Gasteiger partial charge in [0, 0.05) is 31.5 Å². The molecular weight excluding hydrogens is 287 g/mol. The number of nitrogens with zero attached hydrogens (tertiary/aromatic N) is 1. The summed E-state index contributed by atoms with van der Waals surface area (Å²) in [6.45, 7) is 4.10. The first kappa shape index (κ1) is 15.6. The van der Waals surface area contributed by atoms with Crippen molar-refractivity contribution in [2.75, 3.05) is 24.3 Å². The third-order valence-electron chi connectivity index (χ3n) is 3.54. The van der Waals surface area contributed by atoms with Crippen LogP contribution in [-0.4, -0.2) is 14.1 Å². The Kier molecular flexibility index (Phi) is 4.73. The molecule has 2 nitrogen and oxygen atoms in total. The zero-order valence-electron chi connectivity index (χ0n) is 12.7. The van der Waals surface area contributed by atoms with Crippen molar-refractivity contribution in [1.29, 1.82) is 0 Å². The Balaban J connectivity index is 2.19. The first-order chi connectivity index (χ1) is 9.88. The van der Waals surface area contributed by atoms with Gasteiger partial charge in [0.25, 0.3) is 0 Å². The molecule has 0 saturated carbocycles. The van der Waals surface area contributed by atoms with E-state index in [0.29, 0.717) is 0 Å². The highest BCUT2D eigenvalue weighted by molar-refractivity contribution is 6.30. The lowest BCUT2D eigenvalue weighted by molar-refractivity contribution is 0.627. The summed E-state index contributed by atoms with van der Waals surface area (Å²) in [5, 5.41) is 3.59. The van der Waals surface area contributed by atoms with Crippen LogP contribution in [-0.2, 0) is 0 Å². The molecule has 0 radical (unpaired) electrons. The van der Waals surface area contributed by atoms with Crippen molar-refractivity contribution < 1.29 is 4.39 Å². The second kappa shape index (κ2) is 6.35. The molecule has 21 heavy (non-hydrogen) atoms. The molecule has 1 N–H and O–H groups in total. The van der Waals surface area contributed by atoms with Crippen LogP contribution in [0.3, 0.4) is 0 Å². The van der Waals surface area contributed by atoms with Gasteiger partial charge in [-0.1, -0.05) is 17.7 Å². The van der Waals surface area contributed by atoms with E-state index in [9.17, 15) is 4.39 Å². The number of aryl methyl sites for hydroxylation is 1. The molecule has 2 rings (SSSR count). The van der Waals surface area contributed by atoms with Crippen molar-refractivity contribution in [2.24, 2.45) is 0 Å². The molecule has 0 fully saturated rings. The Morgan fingerprint density at radius 1 is 1.14 bits per heavy atom. The standard InChI is InChI=1S/C17H20ClFN2/c1-11-9-14(21(3)4)6-8-17(11)20-12(2)13-5-7-16(19)15(18)10-13/h5-10,12,20H,1-4H3. The van der Waals surface area contributed by atoms with Crippen molar-refractivity contribution in [3.05, 3.63) is 58.4 Å². The van der Waals surface area contributed by atoms with Gasteiger partial charge in [0.05, 0.1) is 5.02 Å². The Morgan fingerprint density at radius 2 is 1.86 bits per heavy atom. The summed E-state index contributed by atoms with van der Waals surface area (Å²) in [5.41, 5.74) is 4.35. The zero-order valence-corrected chi connectivity index (χ0v) is 13.5. The SMILES string of the molecule is Cc1cc(N(C)C)ccc1NC(C)c1ccc(F)c(Cl)c1. The van der Waals surface area contributed by atoms with Crippen molar-refractivity contribution in [2.45, 2.75) is 19.9 Å². The van der Waals surface area contributed by atoms with Crippen molar-refractivity contribution in [3.63, 3.8) is 0 Å². The molecule has 0 heterocycles. The van der Waals surface area contributed by atoms with Gasteiger partial charge in [-0.3, -0.25) is 0 Å². The summed E-state index contributed by atoms with van der Waals surface area (Å²) < 4.78 is 13.2. The van der Waals surface area contributed by atoms with Gasteiger partial charge in [-0.25, -0.2) is 4.39 Å². The molecular formula is C17H20ClFN2. The Morgan fingerprint density at radius 3 is 2.43 bits per heavy atom. The van der Waals surface area contributed by atoms with Gasteiger partial charge in [0.1, 0.15) is 5.82 Å². The maximum absolute atomic E-state index is 13.2. The van der Waals surface area contributed by atoms with E-state index in [0.717, 1.165) is 16.9 Å². The molecule has 0 saturated heterocycles. The van der Waals surface area contributed by atoms with Gasteiger partial charge in [0.15, 0.2) is 0 Å². The fraction of sp³-hybridized carbons (Fsp3) is 0.294. The average molecular weight is 307 g/mol. The highest BCUT2D eigenvalue weighted by atomic mass is 35.5. The number of hydrogen-bond acceptors (Lipinski definition) is 2. The quantitative estimate of drug-likeness (QED) is 0.852. The minimum atomic E-state index is -0.390. The maximum Gasteiger partial charge on any atom is 0.141 e. The van der Waals surface area contributed by atoms with Crippen LogP contribution in [0.4, 0.5) is 15.8 Å². The highest BCUT2D eigenvalue weighted by Crippen LogP contribution is 2.27. The third kappa shape index (κ3) is 3.67. The van der Waals surface area contributed by atoms with E-state index < -0.39 is 0 Å². The van der Waals surface area contributed by atoms with E-state index >= 15 is 0 Å². The third-order valence-corrected chi connectivity index (χ3v) is 3.83. The number of nitrogens with one attached hydrogen (secondary N) is 1. The number of benzene rings is 2. The maximum atomic E-state index is 13.2. The minimum absolute atomic E-state index is 0.0482. The lowest BCUT2D eigenvalue weighted by atomic mass is 10.1. The lowest BCUT2D eigenvalue weighted by Crippen LogP contribution is -2.11. The normalized spacial score (nSPS) is 12.1. The first-order valence-corrected chi connectivity index (χ1v) is 7.25. The molecule has 0 aliphatic carbocycles. The van der Waals surface area contributed by atoms with Crippen molar-refractivity contribution >= 4 is 23.0 Å². The van der Waals surface area contributed by atoms with Gasteiger partial charge in [-0.05, 0) is 55.3 Å². The number of halogens is 2. The molecule has 1 unspecified atom stereocenters. The summed E-state index contributed by atoms with van der Waals surface area (Å²) in [7, 11) is 4.04. The molecule has 0 aliphatic heterocycles. The first-order valence-electron chi connectivity index (χ1n) is 6.88.